The minimum Gasteiger partial charge on any atom is -0.473 e. The topological polar surface area (TPSA) is 70.3 Å². The molecule has 0 unspecified atom stereocenters. The van der Waals surface area contributed by atoms with Crippen molar-refractivity contribution in [3.05, 3.63) is 48.8 Å². The van der Waals surface area contributed by atoms with E-state index in [9.17, 15) is 0 Å². The Labute approximate surface area is 128 Å². The number of nitrogen functional groups attached to an aromatic ring is 1. The standard InChI is InChI=1S/C17H17N3O2/c1-11(2)21-16-15(18)17(20-10-19-16)22-14-8-7-12-5-3-4-6-13(12)9-14/h3-11H,18H2,1-2H3. The first kappa shape index (κ1) is 14.1. The summed E-state index contributed by atoms with van der Waals surface area (Å²) in [7, 11) is 0. The van der Waals surface area contributed by atoms with Gasteiger partial charge in [0.1, 0.15) is 12.1 Å². The third-order valence-electron chi connectivity index (χ3n) is 3.09. The molecule has 0 aliphatic heterocycles. The van der Waals surface area contributed by atoms with Crippen LogP contribution in [0.4, 0.5) is 5.69 Å². The monoisotopic (exact) mass is 295 g/mol. The van der Waals surface area contributed by atoms with Gasteiger partial charge in [-0.25, -0.2) is 0 Å². The van der Waals surface area contributed by atoms with Crippen molar-refractivity contribution in [3.8, 4) is 17.5 Å². The molecule has 3 rings (SSSR count). The lowest BCUT2D eigenvalue weighted by Gasteiger charge is -2.13. The Bertz CT molecular complexity index is 803. The average molecular weight is 295 g/mol. The van der Waals surface area contributed by atoms with Gasteiger partial charge in [-0.2, -0.15) is 9.97 Å². The molecule has 0 atom stereocenters. The van der Waals surface area contributed by atoms with Crippen molar-refractivity contribution in [1.82, 2.24) is 9.97 Å². The van der Waals surface area contributed by atoms with E-state index in [1.165, 1.54) is 6.33 Å². The number of benzene rings is 2. The first-order chi connectivity index (χ1) is 10.6. The van der Waals surface area contributed by atoms with E-state index in [2.05, 4.69) is 9.97 Å². The van der Waals surface area contributed by atoms with Crippen LogP contribution in [0, 0.1) is 0 Å². The fourth-order valence-corrected chi connectivity index (χ4v) is 2.11. The fourth-order valence-electron chi connectivity index (χ4n) is 2.11. The largest absolute Gasteiger partial charge is 0.473 e. The van der Waals surface area contributed by atoms with Gasteiger partial charge in [0.25, 0.3) is 0 Å². The number of rotatable bonds is 4. The molecular weight excluding hydrogens is 278 g/mol. The van der Waals surface area contributed by atoms with Gasteiger partial charge in [-0.1, -0.05) is 30.3 Å². The SMILES string of the molecule is CC(C)Oc1ncnc(Oc2ccc3ccccc3c2)c1N. The van der Waals surface area contributed by atoms with Crippen LogP contribution in [0.15, 0.2) is 48.8 Å². The molecule has 0 aliphatic rings. The third kappa shape index (κ3) is 2.93. The molecule has 112 valence electrons. The summed E-state index contributed by atoms with van der Waals surface area (Å²) >= 11 is 0. The zero-order valence-electron chi connectivity index (χ0n) is 12.5. The quantitative estimate of drug-likeness (QED) is 0.793. The molecule has 2 N–H and O–H groups in total. The van der Waals surface area contributed by atoms with Gasteiger partial charge in [-0.15, -0.1) is 0 Å². The number of nitrogens with two attached hydrogens (primary N) is 1. The van der Waals surface area contributed by atoms with Gasteiger partial charge in [0.05, 0.1) is 6.10 Å². The summed E-state index contributed by atoms with van der Waals surface area (Å²) in [6.45, 7) is 3.82. The predicted octanol–water partition coefficient (Wildman–Crippen LogP) is 3.79. The molecule has 0 radical (unpaired) electrons. The first-order valence-electron chi connectivity index (χ1n) is 7.07. The smallest absolute Gasteiger partial charge is 0.249 e. The molecule has 1 heterocycles. The lowest BCUT2D eigenvalue weighted by Crippen LogP contribution is -2.10. The number of aromatic nitrogens is 2. The van der Waals surface area contributed by atoms with Crippen LogP contribution in [0.2, 0.25) is 0 Å². The molecule has 0 spiro atoms. The van der Waals surface area contributed by atoms with E-state index in [0.29, 0.717) is 23.2 Å². The van der Waals surface area contributed by atoms with Gasteiger partial charge < -0.3 is 15.2 Å². The molecule has 1 aromatic heterocycles. The van der Waals surface area contributed by atoms with E-state index < -0.39 is 0 Å². The maximum absolute atomic E-state index is 6.02. The Morgan fingerprint density at radius 1 is 0.955 bits per heavy atom. The van der Waals surface area contributed by atoms with E-state index >= 15 is 0 Å². The first-order valence-corrected chi connectivity index (χ1v) is 7.07. The second-order valence-corrected chi connectivity index (χ2v) is 5.18. The van der Waals surface area contributed by atoms with Crippen LogP contribution in [-0.2, 0) is 0 Å². The molecule has 0 amide bonds. The maximum atomic E-state index is 6.02. The Morgan fingerprint density at radius 2 is 1.68 bits per heavy atom. The van der Waals surface area contributed by atoms with Crippen LogP contribution in [0.3, 0.4) is 0 Å². The van der Waals surface area contributed by atoms with Crippen molar-refractivity contribution in [2.24, 2.45) is 0 Å². The molecule has 5 nitrogen and oxygen atoms in total. The zero-order chi connectivity index (χ0) is 15.5. The predicted molar refractivity (Wildman–Crippen MR) is 86.2 cm³/mol. The van der Waals surface area contributed by atoms with Crippen LogP contribution < -0.4 is 15.2 Å². The summed E-state index contributed by atoms with van der Waals surface area (Å²) in [6.07, 6.45) is 1.36. The molecule has 0 aliphatic carbocycles. The number of hydrogen-bond donors (Lipinski definition) is 1. The van der Waals surface area contributed by atoms with E-state index in [4.69, 9.17) is 15.2 Å². The van der Waals surface area contributed by atoms with Crippen LogP contribution in [0.1, 0.15) is 13.8 Å². The average Bonchev–Trinajstić information content (AvgIpc) is 2.51. The highest BCUT2D eigenvalue weighted by atomic mass is 16.5. The normalized spacial score (nSPS) is 10.9. The lowest BCUT2D eigenvalue weighted by atomic mass is 10.1. The molecule has 0 fully saturated rings. The molecule has 5 heteroatoms. The van der Waals surface area contributed by atoms with E-state index in [0.717, 1.165) is 10.8 Å². The second kappa shape index (κ2) is 5.89. The summed E-state index contributed by atoms with van der Waals surface area (Å²) in [5, 5.41) is 2.24. The molecule has 22 heavy (non-hydrogen) atoms. The minimum atomic E-state index is -0.0225. The van der Waals surface area contributed by atoms with Crippen LogP contribution in [0.5, 0.6) is 17.5 Å². The number of fused-ring (bicyclic) bond motifs is 1. The Kier molecular flexibility index (Phi) is 3.78. The van der Waals surface area contributed by atoms with Crippen molar-refractivity contribution in [3.63, 3.8) is 0 Å². The third-order valence-corrected chi connectivity index (χ3v) is 3.09. The molecular formula is C17H17N3O2. The number of anilines is 1. The van der Waals surface area contributed by atoms with E-state index in [-0.39, 0.29) is 6.10 Å². The zero-order valence-corrected chi connectivity index (χ0v) is 12.5. The van der Waals surface area contributed by atoms with Crippen molar-refractivity contribution in [2.45, 2.75) is 20.0 Å². The summed E-state index contributed by atoms with van der Waals surface area (Å²) in [6, 6.07) is 13.9. The van der Waals surface area contributed by atoms with Crippen molar-refractivity contribution >= 4 is 16.5 Å². The van der Waals surface area contributed by atoms with Gasteiger partial charge in [0.15, 0.2) is 5.69 Å². The van der Waals surface area contributed by atoms with Gasteiger partial charge in [0, 0.05) is 0 Å². The lowest BCUT2D eigenvalue weighted by molar-refractivity contribution is 0.233. The fraction of sp³-hybridized carbons (Fsp3) is 0.176. The summed E-state index contributed by atoms with van der Waals surface area (Å²) in [4.78, 5) is 8.12. The van der Waals surface area contributed by atoms with E-state index in [1.54, 1.807) is 0 Å². The van der Waals surface area contributed by atoms with Crippen molar-refractivity contribution in [1.29, 1.82) is 0 Å². The number of hydrogen-bond acceptors (Lipinski definition) is 5. The Balaban J connectivity index is 1.91. The summed E-state index contributed by atoms with van der Waals surface area (Å²) < 4.78 is 11.3. The maximum Gasteiger partial charge on any atom is 0.249 e. The van der Waals surface area contributed by atoms with Crippen molar-refractivity contribution < 1.29 is 9.47 Å². The second-order valence-electron chi connectivity index (χ2n) is 5.18. The highest BCUT2D eigenvalue weighted by Crippen LogP contribution is 2.32. The van der Waals surface area contributed by atoms with Gasteiger partial charge in [-0.3, -0.25) is 0 Å². The summed E-state index contributed by atoms with van der Waals surface area (Å²) in [5.41, 5.74) is 6.31. The molecule has 0 bridgehead atoms. The van der Waals surface area contributed by atoms with Crippen LogP contribution in [0.25, 0.3) is 10.8 Å². The van der Waals surface area contributed by atoms with Crippen LogP contribution in [-0.4, -0.2) is 16.1 Å². The minimum absolute atomic E-state index is 0.0225. The van der Waals surface area contributed by atoms with Crippen molar-refractivity contribution in [2.75, 3.05) is 5.73 Å². The summed E-state index contributed by atoms with van der Waals surface area (Å²) in [5.74, 6) is 1.29. The molecule has 2 aromatic carbocycles. The Hall–Kier alpha value is -2.82. The van der Waals surface area contributed by atoms with Gasteiger partial charge in [0.2, 0.25) is 11.8 Å². The van der Waals surface area contributed by atoms with Crippen LogP contribution >= 0.6 is 0 Å². The highest BCUT2D eigenvalue weighted by Gasteiger charge is 2.12. The van der Waals surface area contributed by atoms with Gasteiger partial charge >= 0.3 is 0 Å². The number of ether oxygens (including phenoxy) is 2. The molecule has 0 saturated carbocycles. The van der Waals surface area contributed by atoms with E-state index in [1.807, 2.05) is 56.3 Å². The number of nitrogens with zero attached hydrogens (tertiary/aromatic N) is 2. The van der Waals surface area contributed by atoms with Gasteiger partial charge in [-0.05, 0) is 36.8 Å². The highest BCUT2D eigenvalue weighted by molar-refractivity contribution is 5.83. The molecule has 0 saturated heterocycles. The Morgan fingerprint density at radius 3 is 2.45 bits per heavy atom. The molecule has 3 aromatic rings.